The zero-order chi connectivity index (χ0) is 13.1. The van der Waals surface area contributed by atoms with E-state index in [1.165, 1.54) is 0 Å². The van der Waals surface area contributed by atoms with Gasteiger partial charge in [0.2, 0.25) is 0 Å². The molecule has 1 saturated carbocycles. The molecule has 1 aliphatic carbocycles. The van der Waals surface area contributed by atoms with Gasteiger partial charge in [-0.25, -0.2) is 0 Å². The van der Waals surface area contributed by atoms with Gasteiger partial charge in [0, 0.05) is 18.6 Å². The highest BCUT2D eigenvalue weighted by molar-refractivity contribution is 5.97. The maximum Gasteiger partial charge on any atom is 0.255 e. The standard InChI is InChI=1S/C14H19NO3/c1-9-4-2-6-11(13(9)17)14(18)15-12-7-3-5-10(12)8-16/h2,4,6,10,12,16-17H,3,5,7-8H2,1H3,(H,15,18). The molecular weight excluding hydrogens is 230 g/mol. The quantitative estimate of drug-likeness (QED) is 0.762. The van der Waals surface area contributed by atoms with Gasteiger partial charge in [-0.2, -0.15) is 0 Å². The first-order valence-electron chi connectivity index (χ1n) is 6.33. The molecule has 0 spiro atoms. The van der Waals surface area contributed by atoms with Crippen LogP contribution in [-0.4, -0.2) is 28.8 Å². The lowest BCUT2D eigenvalue weighted by Crippen LogP contribution is -2.38. The highest BCUT2D eigenvalue weighted by Gasteiger charge is 2.28. The summed E-state index contributed by atoms with van der Waals surface area (Å²) in [5, 5.41) is 22.0. The van der Waals surface area contributed by atoms with E-state index in [9.17, 15) is 15.0 Å². The molecule has 98 valence electrons. The third-order valence-corrected chi connectivity index (χ3v) is 3.69. The Morgan fingerprint density at radius 2 is 2.22 bits per heavy atom. The number of carbonyl (C=O) groups is 1. The van der Waals surface area contributed by atoms with E-state index < -0.39 is 0 Å². The Hall–Kier alpha value is -1.55. The first-order valence-corrected chi connectivity index (χ1v) is 6.33. The number of aliphatic hydroxyl groups excluding tert-OH is 1. The van der Waals surface area contributed by atoms with Gasteiger partial charge < -0.3 is 15.5 Å². The van der Waals surface area contributed by atoms with Crippen LogP contribution < -0.4 is 5.32 Å². The molecule has 4 heteroatoms. The Kier molecular flexibility index (Phi) is 3.87. The minimum absolute atomic E-state index is 0.0161. The number of phenolic OH excluding ortho intramolecular Hbond substituents is 1. The molecule has 1 amide bonds. The molecule has 1 aromatic carbocycles. The third-order valence-electron chi connectivity index (χ3n) is 3.69. The topological polar surface area (TPSA) is 69.6 Å². The number of hydrogen-bond acceptors (Lipinski definition) is 3. The van der Waals surface area contributed by atoms with Crippen LogP contribution in [0.4, 0.5) is 0 Å². The summed E-state index contributed by atoms with van der Waals surface area (Å²) in [6.07, 6.45) is 2.86. The molecule has 0 radical (unpaired) electrons. The molecular formula is C14H19NO3. The molecule has 0 aromatic heterocycles. The second-order valence-electron chi connectivity index (χ2n) is 4.92. The van der Waals surface area contributed by atoms with Crippen LogP contribution in [0.5, 0.6) is 5.75 Å². The maximum atomic E-state index is 12.1. The monoisotopic (exact) mass is 249 g/mol. The van der Waals surface area contributed by atoms with E-state index in [0.717, 1.165) is 19.3 Å². The van der Waals surface area contributed by atoms with Gasteiger partial charge in [-0.15, -0.1) is 0 Å². The van der Waals surface area contributed by atoms with Crippen LogP contribution in [0.25, 0.3) is 0 Å². The predicted molar refractivity (Wildman–Crippen MR) is 68.5 cm³/mol. The molecule has 0 aliphatic heterocycles. The summed E-state index contributed by atoms with van der Waals surface area (Å²) in [5.74, 6) is -0.0870. The average molecular weight is 249 g/mol. The Morgan fingerprint density at radius 1 is 1.44 bits per heavy atom. The summed E-state index contributed by atoms with van der Waals surface area (Å²) in [4.78, 5) is 12.1. The lowest BCUT2D eigenvalue weighted by atomic mass is 10.0. The minimum Gasteiger partial charge on any atom is -0.507 e. The van der Waals surface area contributed by atoms with Gasteiger partial charge in [-0.3, -0.25) is 4.79 Å². The van der Waals surface area contributed by atoms with E-state index in [4.69, 9.17) is 0 Å². The van der Waals surface area contributed by atoms with Crippen molar-refractivity contribution in [2.45, 2.75) is 32.2 Å². The minimum atomic E-state index is -0.262. The van der Waals surface area contributed by atoms with Crippen molar-refractivity contribution in [1.82, 2.24) is 5.32 Å². The Bertz CT molecular complexity index is 445. The van der Waals surface area contributed by atoms with Crippen LogP contribution in [0.2, 0.25) is 0 Å². The van der Waals surface area contributed by atoms with Crippen molar-refractivity contribution in [2.24, 2.45) is 5.92 Å². The number of para-hydroxylation sites is 1. The summed E-state index contributed by atoms with van der Waals surface area (Å²) in [6, 6.07) is 5.14. The largest absolute Gasteiger partial charge is 0.507 e. The highest BCUT2D eigenvalue weighted by Crippen LogP contribution is 2.26. The normalized spacial score (nSPS) is 23.0. The molecule has 2 atom stereocenters. The Balaban J connectivity index is 2.10. The molecule has 18 heavy (non-hydrogen) atoms. The van der Waals surface area contributed by atoms with E-state index in [-0.39, 0.29) is 30.2 Å². The summed E-state index contributed by atoms with van der Waals surface area (Å²) < 4.78 is 0. The fourth-order valence-electron chi connectivity index (χ4n) is 2.53. The number of aryl methyl sites for hydroxylation is 1. The van der Waals surface area contributed by atoms with Crippen LogP contribution in [0.1, 0.15) is 35.2 Å². The molecule has 2 unspecified atom stereocenters. The summed E-state index contributed by atoms with van der Waals surface area (Å²) in [6.45, 7) is 1.86. The fourth-order valence-corrected chi connectivity index (χ4v) is 2.53. The molecule has 0 heterocycles. The molecule has 2 rings (SSSR count). The third kappa shape index (κ3) is 2.48. The Morgan fingerprint density at radius 3 is 2.94 bits per heavy atom. The second-order valence-corrected chi connectivity index (χ2v) is 4.92. The molecule has 0 saturated heterocycles. The van der Waals surface area contributed by atoms with Gasteiger partial charge >= 0.3 is 0 Å². The van der Waals surface area contributed by atoms with Crippen LogP contribution in [0.3, 0.4) is 0 Å². The van der Waals surface area contributed by atoms with E-state index in [1.807, 2.05) is 0 Å². The lowest BCUT2D eigenvalue weighted by molar-refractivity contribution is 0.0913. The molecule has 3 N–H and O–H groups in total. The van der Waals surface area contributed by atoms with Crippen molar-refractivity contribution in [1.29, 1.82) is 0 Å². The van der Waals surface area contributed by atoms with Gasteiger partial charge in [-0.1, -0.05) is 18.6 Å². The molecule has 4 nitrogen and oxygen atoms in total. The maximum absolute atomic E-state index is 12.1. The average Bonchev–Trinajstić information content (AvgIpc) is 2.79. The van der Waals surface area contributed by atoms with Gasteiger partial charge in [0.05, 0.1) is 5.56 Å². The van der Waals surface area contributed by atoms with Gasteiger partial charge in [0.15, 0.2) is 0 Å². The van der Waals surface area contributed by atoms with Crippen molar-refractivity contribution in [3.63, 3.8) is 0 Å². The second kappa shape index (κ2) is 5.40. The SMILES string of the molecule is Cc1cccc(C(=O)NC2CCCC2CO)c1O. The number of aromatic hydroxyl groups is 1. The van der Waals surface area contributed by atoms with E-state index >= 15 is 0 Å². The van der Waals surface area contributed by atoms with Crippen molar-refractivity contribution < 1.29 is 15.0 Å². The van der Waals surface area contributed by atoms with Crippen molar-refractivity contribution in [2.75, 3.05) is 6.61 Å². The van der Waals surface area contributed by atoms with E-state index in [0.29, 0.717) is 11.1 Å². The van der Waals surface area contributed by atoms with Crippen LogP contribution in [0.15, 0.2) is 18.2 Å². The number of phenols is 1. The molecule has 1 aromatic rings. The molecule has 0 bridgehead atoms. The number of aliphatic hydroxyl groups is 1. The van der Waals surface area contributed by atoms with E-state index in [1.54, 1.807) is 25.1 Å². The number of carbonyl (C=O) groups excluding carboxylic acids is 1. The number of nitrogens with one attached hydrogen (secondary N) is 1. The highest BCUT2D eigenvalue weighted by atomic mass is 16.3. The summed E-state index contributed by atoms with van der Waals surface area (Å²) >= 11 is 0. The number of amides is 1. The lowest BCUT2D eigenvalue weighted by Gasteiger charge is -2.19. The van der Waals surface area contributed by atoms with Gasteiger partial charge in [0.25, 0.3) is 5.91 Å². The number of rotatable bonds is 3. The van der Waals surface area contributed by atoms with Crippen molar-refractivity contribution >= 4 is 5.91 Å². The number of hydrogen-bond donors (Lipinski definition) is 3. The van der Waals surface area contributed by atoms with Gasteiger partial charge in [-0.05, 0) is 31.4 Å². The van der Waals surface area contributed by atoms with Gasteiger partial charge in [0.1, 0.15) is 5.75 Å². The first-order chi connectivity index (χ1) is 8.63. The van der Waals surface area contributed by atoms with Crippen LogP contribution in [0, 0.1) is 12.8 Å². The fraction of sp³-hybridized carbons (Fsp3) is 0.500. The van der Waals surface area contributed by atoms with Crippen molar-refractivity contribution in [3.05, 3.63) is 29.3 Å². The summed E-state index contributed by atoms with van der Waals surface area (Å²) in [7, 11) is 0. The van der Waals surface area contributed by atoms with Crippen LogP contribution in [-0.2, 0) is 0 Å². The zero-order valence-electron chi connectivity index (χ0n) is 10.5. The smallest absolute Gasteiger partial charge is 0.255 e. The Labute approximate surface area is 107 Å². The molecule has 1 fully saturated rings. The van der Waals surface area contributed by atoms with E-state index in [2.05, 4.69) is 5.32 Å². The van der Waals surface area contributed by atoms with Crippen molar-refractivity contribution in [3.8, 4) is 5.75 Å². The summed E-state index contributed by atoms with van der Waals surface area (Å²) in [5.41, 5.74) is 0.992. The number of benzene rings is 1. The first kappa shape index (κ1) is 12.9. The van der Waals surface area contributed by atoms with Crippen LogP contribution >= 0.6 is 0 Å². The predicted octanol–water partition coefficient (Wildman–Crippen LogP) is 1.59. The zero-order valence-corrected chi connectivity index (χ0v) is 10.5. The molecule has 1 aliphatic rings.